The molecule has 0 radical (unpaired) electrons. The molecule has 2 N–H and O–H groups in total. The summed E-state index contributed by atoms with van der Waals surface area (Å²) in [6, 6.07) is 8.12. The summed E-state index contributed by atoms with van der Waals surface area (Å²) < 4.78 is 0. The number of nitrogens with zero attached hydrogens (tertiary/aromatic N) is 3. The van der Waals surface area contributed by atoms with Crippen molar-refractivity contribution >= 4 is 23.2 Å². The first-order valence-electron chi connectivity index (χ1n) is 4.68. The molecule has 1 rings (SSSR count). The average molecular weight is 249 g/mol. The predicted octanol–water partition coefficient (Wildman–Crippen LogP) is 1.41. The Balaban J connectivity index is 3.06. The van der Waals surface area contributed by atoms with Crippen molar-refractivity contribution in [2.75, 3.05) is 18.8 Å². The number of rotatable bonds is 3. The zero-order valence-electron chi connectivity index (χ0n) is 8.85. The Hall–Kier alpha value is -2.24. The Morgan fingerprint density at radius 3 is 2.47 bits per heavy atom. The molecule has 0 aliphatic rings. The van der Waals surface area contributed by atoms with Gasteiger partial charge in [0, 0.05) is 10.7 Å². The number of carbonyl (C=O) groups is 1. The first kappa shape index (κ1) is 12.8. The molecule has 1 aromatic rings. The van der Waals surface area contributed by atoms with E-state index in [4.69, 9.17) is 27.9 Å². The van der Waals surface area contributed by atoms with Crippen LogP contribution in [0.1, 0.15) is 10.4 Å². The Labute approximate surface area is 104 Å². The first-order chi connectivity index (χ1) is 8.10. The van der Waals surface area contributed by atoms with E-state index in [1.807, 2.05) is 12.1 Å². The number of nitriles is 2. The van der Waals surface area contributed by atoms with Crippen molar-refractivity contribution in [3.63, 3.8) is 0 Å². The molecule has 0 heterocycles. The van der Waals surface area contributed by atoms with Crippen LogP contribution in [0, 0.1) is 22.7 Å². The van der Waals surface area contributed by atoms with Crippen molar-refractivity contribution in [1.82, 2.24) is 4.90 Å². The summed E-state index contributed by atoms with van der Waals surface area (Å²) in [5, 5.41) is 17.5. The summed E-state index contributed by atoms with van der Waals surface area (Å²) in [4.78, 5) is 13.1. The van der Waals surface area contributed by atoms with Crippen molar-refractivity contribution in [3.8, 4) is 12.1 Å². The van der Waals surface area contributed by atoms with Gasteiger partial charge in [0.05, 0.1) is 17.7 Å². The maximum absolute atomic E-state index is 12.0. The van der Waals surface area contributed by atoms with E-state index >= 15 is 0 Å². The van der Waals surface area contributed by atoms with Crippen LogP contribution in [0.3, 0.4) is 0 Å². The molecule has 0 spiro atoms. The van der Waals surface area contributed by atoms with Gasteiger partial charge in [0.15, 0.2) is 0 Å². The predicted molar refractivity (Wildman–Crippen MR) is 63.0 cm³/mol. The molecule has 0 aromatic heterocycles. The summed E-state index contributed by atoms with van der Waals surface area (Å²) in [6.45, 7) is -0.337. The van der Waals surface area contributed by atoms with Crippen molar-refractivity contribution in [2.45, 2.75) is 0 Å². The molecular weight excluding hydrogens is 240 g/mol. The fourth-order valence-corrected chi connectivity index (χ4v) is 1.43. The van der Waals surface area contributed by atoms with Crippen LogP contribution in [0.5, 0.6) is 0 Å². The van der Waals surface area contributed by atoms with Crippen LogP contribution in [-0.4, -0.2) is 23.9 Å². The van der Waals surface area contributed by atoms with Crippen LogP contribution >= 0.6 is 11.6 Å². The molecule has 0 unspecified atom stereocenters. The van der Waals surface area contributed by atoms with Crippen LogP contribution in [0.25, 0.3) is 0 Å². The fraction of sp³-hybridized carbons (Fsp3) is 0.182. The number of amides is 1. The molecule has 1 amide bonds. The zero-order chi connectivity index (χ0) is 12.8. The highest BCUT2D eigenvalue weighted by Crippen LogP contribution is 2.19. The Kier molecular flexibility index (Phi) is 4.33. The molecule has 0 fully saturated rings. The van der Waals surface area contributed by atoms with Gasteiger partial charge in [-0.05, 0) is 18.2 Å². The number of benzene rings is 1. The van der Waals surface area contributed by atoms with Gasteiger partial charge in [-0.3, -0.25) is 4.79 Å². The quantitative estimate of drug-likeness (QED) is 0.646. The molecule has 0 saturated heterocycles. The molecule has 5 nitrogen and oxygen atoms in total. The van der Waals surface area contributed by atoms with E-state index < -0.39 is 5.91 Å². The van der Waals surface area contributed by atoms with Gasteiger partial charge >= 0.3 is 0 Å². The van der Waals surface area contributed by atoms with E-state index in [1.165, 1.54) is 12.1 Å². The number of anilines is 1. The summed E-state index contributed by atoms with van der Waals surface area (Å²) >= 11 is 5.76. The van der Waals surface area contributed by atoms with Crippen LogP contribution in [-0.2, 0) is 0 Å². The average Bonchev–Trinajstić information content (AvgIpc) is 2.31. The summed E-state index contributed by atoms with van der Waals surface area (Å²) in [7, 11) is 0. The molecule has 0 aliphatic carbocycles. The second-order valence-electron chi connectivity index (χ2n) is 3.21. The first-order valence-corrected chi connectivity index (χ1v) is 5.06. The van der Waals surface area contributed by atoms with E-state index in [0.29, 0.717) is 5.02 Å². The van der Waals surface area contributed by atoms with E-state index in [2.05, 4.69) is 0 Å². The van der Waals surface area contributed by atoms with Gasteiger partial charge in [-0.15, -0.1) is 0 Å². The maximum atomic E-state index is 12.0. The van der Waals surface area contributed by atoms with Crippen LogP contribution in [0.2, 0.25) is 5.02 Å². The molecule has 0 saturated carbocycles. The van der Waals surface area contributed by atoms with Gasteiger partial charge in [0.1, 0.15) is 13.1 Å². The number of nitrogens with two attached hydrogens (primary N) is 1. The van der Waals surface area contributed by atoms with Gasteiger partial charge in [-0.2, -0.15) is 10.5 Å². The summed E-state index contributed by atoms with van der Waals surface area (Å²) in [5.41, 5.74) is 6.11. The van der Waals surface area contributed by atoms with Crippen molar-refractivity contribution < 1.29 is 4.79 Å². The van der Waals surface area contributed by atoms with E-state index in [9.17, 15) is 4.79 Å². The third-order valence-electron chi connectivity index (χ3n) is 2.06. The molecule has 1 aromatic carbocycles. The van der Waals surface area contributed by atoms with Crippen molar-refractivity contribution in [2.24, 2.45) is 0 Å². The Bertz CT molecular complexity index is 499. The topological polar surface area (TPSA) is 93.9 Å². The minimum absolute atomic E-state index is 0.168. The molecular formula is C11H9ClN4O. The standard InChI is InChI=1S/C11H9ClN4O/c12-8-1-2-10(15)9(7-8)11(17)16(5-3-13)6-4-14/h1-2,7H,5-6,15H2. The second-order valence-corrected chi connectivity index (χ2v) is 3.65. The molecule has 0 bridgehead atoms. The highest BCUT2D eigenvalue weighted by molar-refractivity contribution is 6.31. The van der Waals surface area contributed by atoms with Gasteiger partial charge in [-0.1, -0.05) is 11.6 Å². The lowest BCUT2D eigenvalue weighted by Crippen LogP contribution is -2.32. The third kappa shape index (κ3) is 3.10. The van der Waals surface area contributed by atoms with Gasteiger partial charge < -0.3 is 10.6 Å². The van der Waals surface area contributed by atoms with E-state index in [-0.39, 0.29) is 24.3 Å². The number of carbonyl (C=O) groups excluding carboxylic acids is 1. The van der Waals surface area contributed by atoms with Gasteiger partial charge in [-0.25, -0.2) is 0 Å². The molecule has 17 heavy (non-hydrogen) atoms. The normalized spacial score (nSPS) is 9.12. The van der Waals surface area contributed by atoms with Crippen LogP contribution in [0.15, 0.2) is 18.2 Å². The summed E-state index contributed by atoms with van der Waals surface area (Å²) in [5.74, 6) is -0.479. The van der Waals surface area contributed by atoms with Gasteiger partial charge in [0.25, 0.3) is 5.91 Å². The van der Waals surface area contributed by atoms with Crippen molar-refractivity contribution in [1.29, 1.82) is 10.5 Å². The zero-order valence-corrected chi connectivity index (χ0v) is 9.61. The minimum Gasteiger partial charge on any atom is -0.398 e. The Morgan fingerprint density at radius 1 is 1.35 bits per heavy atom. The largest absolute Gasteiger partial charge is 0.398 e. The Morgan fingerprint density at radius 2 is 1.94 bits per heavy atom. The lowest BCUT2D eigenvalue weighted by atomic mass is 10.1. The third-order valence-corrected chi connectivity index (χ3v) is 2.29. The SMILES string of the molecule is N#CCN(CC#N)C(=O)c1cc(Cl)ccc1N. The second kappa shape index (κ2) is 5.74. The van der Waals surface area contributed by atoms with Crippen LogP contribution < -0.4 is 5.73 Å². The fourth-order valence-electron chi connectivity index (χ4n) is 1.25. The monoisotopic (exact) mass is 248 g/mol. The molecule has 0 atom stereocenters. The number of nitrogen functional groups attached to an aromatic ring is 1. The van der Waals surface area contributed by atoms with E-state index in [0.717, 1.165) is 4.90 Å². The number of hydrogen-bond acceptors (Lipinski definition) is 4. The van der Waals surface area contributed by atoms with Crippen LogP contribution in [0.4, 0.5) is 5.69 Å². The minimum atomic E-state index is -0.479. The highest BCUT2D eigenvalue weighted by atomic mass is 35.5. The summed E-state index contributed by atoms with van der Waals surface area (Å²) in [6.07, 6.45) is 0. The lowest BCUT2D eigenvalue weighted by Gasteiger charge is -2.16. The molecule has 0 aliphatic heterocycles. The number of hydrogen-bond donors (Lipinski definition) is 1. The smallest absolute Gasteiger partial charge is 0.257 e. The lowest BCUT2D eigenvalue weighted by molar-refractivity contribution is 0.0796. The molecule has 86 valence electrons. The van der Waals surface area contributed by atoms with Crippen molar-refractivity contribution in [3.05, 3.63) is 28.8 Å². The maximum Gasteiger partial charge on any atom is 0.257 e. The van der Waals surface area contributed by atoms with Gasteiger partial charge in [0.2, 0.25) is 0 Å². The van der Waals surface area contributed by atoms with E-state index in [1.54, 1.807) is 6.07 Å². The number of halogens is 1. The highest BCUT2D eigenvalue weighted by Gasteiger charge is 2.17. The molecule has 6 heteroatoms.